The maximum Gasteiger partial charge on any atom is 0.140 e. The van der Waals surface area contributed by atoms with Gasteiger partial charge >= 0.3 is 0 Å². The van der Waals surface area contributed by atoms with Gasteiger partial charge in [0.25, 0.3) is 0 Å². The van der Waals surface area contributed by atoms with Crippen molar-refractivity contribution in [1.29, 1.82) is 0 Å². The molecule has 1 aliphatic rings. The largest absolute Gasteiger partial charge is 0.495 e. The van der Waals surface area contributed by atoms with E-state index < -0.39 is 0 Å². The molecule has 0 saturated heterocycles. The summed E-state index contributed by atoms with van der Waals surface area (Å²) in [6.45, 7) is 2.68. The van der Waals surface area contributed by atoms with Gasteiger partial charge in [-0.25, -0.2) is 0 Å². The molecule has 88 valence electrons. The average molecular weight is 220 g/mol. The summed E-state index contributed by atoms with van der Waals surface area (Å²) in [5, 5.41) is 0. The lowest BCUT2D eigenvalue weighted by Gasteiger charge is -2.28. The molecule has 1 aromatic rings. The Balaban J connectivity index is 2.47. The number of ether oxygens (including phenoxy) is 1. The maximum atomic E-state index is 5.98. The number of hydrogen-bond donors (Lipinski definition) is 1. The highest BCUT2D eigenvalue weighted by atomic mass is 16.5. The zero-order valence-corrected chi connectivity index (χ0v) is 10.1. The van der Waals surface area contributed by atoms with Crippen LogP contribution in [0.3, 0.4) is 0 Å². The summed E-state index contributed by atoms with van der Waals surface area (Å²) in [6, 6.07) is 3.99. The van der Waals surface area contributed by atoms with Crippen LogP contribution in [0.5, 0.6) is 5.75 Å². The van der Waals surface area contributed by atoms with E-state index >= 15 is 0 Å². The molecule has 0 aliphatic heterocycles. The highest BCUT2D eigenvalue weighted by Gasteiger charge is 2.38. The van der Waals surface area contributed by atoms with Crippen LogP contribution in [0.1, 0.15) is 37.1 Å². The molecule has 0 atom stereocenters. The van der Waals surface area contributed by atoms with Crippen molar-refractivity contribution in [2.24, 2.45) is 5.73 Å². The van der Waals surface area contributed by atoms with Gasteiger partial charge in [-0.1, -0.05) is 12.8 Å². The summed E-state index contributed by atoms with van der Waals surface area (Å²) < 4.78 is 5.42. The van der Waals surface area contributed by atoms with E-state index in [0.717, 1.165) is 30.0 Å². The number of nitrogens with two attached hydrogens (primary N) is 1. The standard InChI is InChI=1S/C13H20N2O/c1-10-5-6-11(16-2)12(15-10)13(9-14)7-3-4-8-13/h5-6H,3-4,7-9,14H2,1-2H3. The fourth-order valence-corrected chi connectivity index (χ4v) is 2.68. The van der Waals surface area contributed by atoms with Gasteiger partial charge in [0.15, 0.2) is 0 Å². The quantitative estimate of drug-likeness (QED) is 0.849. The second-order valence-corrected chi connectivity index (χ2v) is 4.70. The van der Waals surface area contributed by atoms with Crippen molar-refractivity contribution in [3.05, 3.63) is 23.5 Å². The van der Waals surface area contributed by atoms with E-state index in [1.807, 2.05) is 19.1 Å². The highest BCUT2D eigenvalue weighted by molar-refractivity contribution is 5.36. The van der Waals surface area contributed by atoms with Gasteiger partial charge in [-0.15, -0.1) is 0 Å². The predicted molar refractivity (Wildman–Crippen MR) is 64.7 cm³/mol. The number of nitrogens with zero attached hydrogens (tertiary/aromatic N) is 1. The van der Waals surface area contributed by atoms with Crippen LogP contribution in [0.15, 0.2) is 12.1 Å². The molecule has 2 rings (SSSR count). The lowest BCUT2D eigenvalue weighted by Crippen LogP contribution is -2.33. The van der Waals surface area contributed by atoms with E-state index in [4.69, 9.17) is 10.5 Å². The molecule has 3 nitrogen and oxygen atoms in total. The molecular formula is C13H20N2O. The van der Waals surface area contributed by atoms with Crippen LogP contribution in [0.4, 0.5) is 0 Å². The number of aromatic nitrogens is 1. The Hall–Kier alpha value is -1.09. The first-order chi connectivity index (χ1) is 7.72. The summed E-state index contributed by atoms with van der Waals surface area (Å²) in [5.74, 6) is 0.887. The first-order valence-corrected chi connectivity index (χ1v) is 5.94. The molecule has 1 fully saturated rings. The normalized spacial score (nSPS) is 18.7. The van der Waals surface area contributed by atoms with Crippen LogP contribution in [0, 0.1) is 6.92 Å². The van der Waals surface area contributed by atoms with E-state index in [1.165, 1.54) is 12.8 Å². The van der Waals surface area contributed by atoms with E-state index in [0.29, 0.717) is 6.54 Å². The summed E-state index contributed by atoms with van der Waals surface area (Å²) >= 11 is 0. The van der Waals surface area contributed by atoms with E-state index in [9.17, 15) is 0 Å². The molecule has 1 aliphatic carbocycles. The monoisotopic (exact) mass is 220 g/mol. The van der Waals surface area contributed by atoms with Crippen molar-refractivity contribution < 1.29 is 4.74 Å². The molecule has 0 bridgehead atoms. The van der Waals surface area contributed by atoms with Crippen molar-refractivity contribution in [1.82, 2.24) is 4.98 Å². The van der Waals surface area contributed by atoms with Crippen LogP contribution in [0.25, 0.3) is 0 Å². The molecule has 0 unspecified atom stereocenters. The predicted octanol–water partition coefficient (Wildman–Crippen LogP) is 2.17. The number of pyridine rings is 1. The summed E-state index contributed by atoms with van der Waals surface area (Å²) in [4.78, 5) is 4.66. The van der Waals surface area contributed by atoms with Gasteiger partial charge in [0.1, 0.15) is 5.75 Å². The van der Waals surface area contributed by atoms with Gasteiger partial charge in [0.05, 0.1) is 12.8 Å². The SMILES string of the molecule is COc1ccc(C)nc1C1(CN)CCCC1. The van der Waals surface area contributed by atoms with Crippen LogP contribution in [-0.4, -0.2) is 18.6 Å². The summed E-state index contributed by atoms with van der Waals surface area (Å²) in [6.07, 6.45) is 4.76. The lowest BCUT2D eigenvalue weighted by molar-refractivity contribution is 0.368. The minimum atomic E-state index is 0.0529. The van der Waals surface area contributed by atoms with E-state index in [-0.39, 0.29) is 5.41 Å². The maximum absolute atomic E-state index is 5.98. The molecule has 0 spiro atoms. The van der Waals surface area contributed by atoms with Crippen LogP contribution in [0.2, 0.25) is 0 Å². The Labute approximate surface area is 97.0 Å². The smallest absolute Gasteiger partial charge is 0.140 e. The van der Waals surface area contributed by atoms with Crippen molar-refractivity contribution >= 4 is 0 Å². The molecule has 3 heteroatoms. The van der Waals surface area contributed by atoms with Gasteiger partial charge < -0.3 is 10.5 Å². The third kappa shape index (κ3) is 1.80. The number of rotatable bonds is 3. The minimum Gasteiger partial charge on any atom is -0.495 e. The lowest BCUT2D eigenvalue weighted by atomic mass is 9.82. The molecule has 1 saturated carbocycles. The van der Waals surface area contributed by atoms with Crippen LogP contribution < -0.4 is 10.5 Å². The third-order valence-corrected chi connectivity index (χ3v) is 3.67. The fraction of sp³-hybridized carbons (Fsp3) is 0.615. The first-order valence-electron chi connectivity index (χ1n) is 5.94. The zero-order chi connectivity index (χ0) is 11.6. The fourth-order valence-electron chi connectivity index (χ4n) is 2.68. The number of methoxy groups -OCH3 is 1. The molecule has 1 heterocycles. The topological polar surface area (TPSA) is 48.1 Å². The van der Waals surface area contributed by atoms with Gasteiger partial charge in [0.2, 0.25) is 0 Å². The second-order valence-electron chi connectivity index (χ2n) is 4.70. The highest BCUT2D eigenvalue weighted by Crippen LogP contribution is 2.42. The molecule has 0 amide bonds. The Kier molecular flexibility index (Phi) is 3.15. The second kappa shape index (κ2) is 4.42. The minimum absolute atomic E-state index is 0.0529. The van der Waals surface area contributed by atoms with Gasteiger partial charge in [-0.3, -0.25) is 4.98 Å². The zero-order valence-electron chi connectivity index (χ0n) is 10.1. The van der Waals surface area contributed by atoms with Crippen molar-refractivity contribution in [2.75, 3.05) is 13.7 Å². The number of aryl methyl sites for hydroxylation is 1. The van der Waals surface area contributed by atoms with Gasteiger partial charge in [-0.2, -0.15) is 0 Å². The van der Waals surface area contributed by atoms with Crippen molar-refractivity contribution in [3.63, 3.8) is 0 Å². The van der Waals surface area contributed by atoms with Crippen molar-refractivity contribution in [2.45, 2.75) is 38.0 Å². The van der Waals surface area contributed by atoms with E-state index in [2.05, 4.69) is 4.98 Å². The Morgan fingerprint density at radius 2 is 2.06 bits per heavy atom. The third-order valence-electron chi connectivity index (χ3n) is 3.67. The Bertz CT molecular complexity index is 370. The van der Waals surface area contributed by atoms with E-state index in [1.54, 1.807) is 7.11 Å². The average Bonchev–Trinajstić information content (AvgIpc) is 2.78. The summed E-state index contributed by atoms with van der Waals surface area (Å²) in [5.41, 5.74) is 8.13. The van der Waals surface area contributed by atoms with Crippen LogP contribution in [-0.2, 0) is 5.41 Å². The molecular weight excluding hydrogens is 200 g/mol. The number of hydrogen-bond acceptors (Lipinski definition) is 3. The Morgan fingerprint density at radius 1 is 1.38 bits per heavy atom. The molecule has 16 heavy (non-hydrogen) atoms. The first kappa shape index (κ1) is 11.4. The molecule has 0 radical (unpaired) electrons. The van der Waals surface area contributed by atoms with Crippen LogP contribution >= 0.6 is 0 Å². The molecule has 1 aromatic heterocycles. The van der Waals surface area contributed by atoms with Crippen molar-refractivity contribution in [3.8, 4) is 5.75 Å². The summed E-state index contributed by atoms with van der Waals surface area (Å²) in [7, 11) is 1.70. The molecule has 2 N–H and O–H groups in total. The molecule has 0 aromatic carbocycles. The van der Waals surface area contributed by atoms with Gasteiger partial charge in [-0.05, 0) is 31.9 Å². The van der Waals surface area contributed by atoms with Gasteiger partial charge in [0, 0.05) is 17.7 Å². The Morgan fingerprint density at radius 3 is 2.62 bits per heavy atom.